The lowest BCUT2D eigenvalue weighted by Gasteiger charge is -2.12. The number of halogens is 3. The molecule has 1 N–H and O–H groups in total. The Morgan fingerprint density at radius 3 is 2.31 bits per heavy atom. The third kappa shape index (κ3) is 3.64. The van der Waals surface area contributed by atoms with E-state index >= 15 is 0 Å². The molecule has 16 heavy (non-hydrogen) atoms. The number of nitrogens with one attached hydrogen (secondary N) is 1. The van der Waals surface area contributed by atoms with Crippen molar-refractivity contribution in [1.82, 2.24) is 0 Å². The molecule has 0 aromatic heterocycles. The SMILES string of the molecule is Cc1ccc(NS(=O)(=O)P)cc1C(F)(F)F. The number of anilines is 1. The summed E-state index contributed by atoms with van der Waals surface area (Å²) in [7, 11) is -2.15. The predicted molar refractivity (Wildman–Crippen MR) is 58.4 cm³/mol. The zero-order chi connectivity index (χ0) is 12.6. The number of hydrogen-bond acceptors (Lipinski definition) is 2. The van der Waals surface area contributed by atoms with Crippen LogP contribution in [0.4, 0.5) is 18.9 Å². The lowest BCUT2D eigenvalue weighted by molar-refractivity contribution is -0.138. The van der Waals surface area contributed by atoms with E-state index in [1.54, 1.807) is 0 Å². The van der Waals surface area contributed by atoms with Crippen molar-refractivity contribution >= 4 is 23.8 Å². The monoisotopic (exact) mass is 271 g/mol. The van der Waals surface area contributed by atoms with Crippen LogP contribution in [0, 0.1) is 6.92 Å². The molecule has 0 saturated carbocycles. The molecule has 0 aliphatic heterocycles. The van der Waals surface area contributed by atoms with E-state index < -0.39 is 21.4 Å². The Kier molecular flexibility index (Phi) is 3.50. The Balaban J connectivity index is 3.18. The fourth-order valence-corrected chi connectivity index (χ4v) is 2.02. The van der Waals surface area contributed by atoms with E-state index in [0.29, 0.717) is 0 Å². The van der Waals surface area contributed by atoms with Crippen LogP contribution in [0.2, 0.25) is 0 Å². The Morgan fingerprint density at radius 1 is 1.31 bits per heavy atom. The van der Waals surface area contributed by atoms with Crippen molar-refractivity contribution in [1.29, 1.82) is 0 Å². The van der Waals surface area contributed by atoms with Gasteiger partial charge in [-0.15, -0.1) is 0 Å². The maximum atomic E-state index is 12.5. The van der Waals surface area contributed by atoms with Crippen LogP contribution in [-0.2, 0) is 15.8 Å². The van der Waals surface area contributed by atoms with Gasteiger partial charge in [0, 0.05) is 14.1 Å². The van der Waals surface area contributed by atoms with Gasteiger partial charge >= 0.3 is 6.18 Å². The molecule has 1 atom stereocenters. The minimum Gasteiger partial charge on any atom is -0.281 e. The van der Waals surface area contributed by atoms with E-state index in [2.05, 4.69) is 0 Å². The van der Waals surface area contributed by atoms with E-state index in [0.717, 1.165) is 6.07 Å². The second-order valence-electron chi connectivity index (χ2n) is 3.17. The van der Waals surface area contributed by atoms with Gasteiger partial charge in [0.1, 0.15) is 0 Å². The lowest BCUT2D eigenvalue weighted by atomic mass is 10.1. The van der Waals surface area contributed by atoms with Gasteiger partial charge in [-0.3, -0.25) is 4.72 Å². The van der Waals surface area contributed by atoms with Crippen molar-refractivity contribution in [3.63, 3.8) is 0 Å². The van der Waals surface area contributed by atoms with E-state index in [1.807, 2.05) is 4.72 Å². The average molecular weight is 271 g/mol. The summed E-state index contributed by atoms with van der Waals surface area (Å²) >= 11 is 0. The first kappa shape index (κ1) is 13.3. The summed E-state index contributed by atoms with van der Waals surface area (Å²) in [6.45, 7) is 1.31. The van der Waals surface area contributed by atoms with Crippen LogP contribution in [0.3, 0.4) is 0 Å². The number of aryl methyl sites for hydroxylation is 1. The van der Waals surface area contributed by atoms with Gasteiger partial charge in [0.05, 0.1) is 5.56 Å². The standard InChI is InChI=1S/C8H9F3NO2PS/c1-5-2-3-6(12-16(13,14)15)4-7(5)8(9,10)11/h2-4,12H,15H2,1H3. The Morgan fingerprint density at radius 2 is 1.88 bits per heavy atom. The number of hydrogen-bond donors (Lipinski definition) is 1. The topological polar surface area (TPSA) is 46.2 Å². The molecule has 1 unspecified atom stereocenters. The highest BCUT2D eigenvalue weighted by Gasteiger charge is 2.32. The number of benzene rings is 1. The number of rotatable bonds is 2. The minimum atomic E-state index is -4.49. The normalized spacial score (nSPS) is 12.6. The Hall–Kier alpha value is -0.810. The van der Waals surface area contributed by atoms with Gasteiger partial charge in [-0.1, -0.05) is 6.07 Å². The fourth-order valence-electron chi connectivity index (χ4n) is 1.16. The van der Waals surface area contributed by atoms with Crippen LogP contribution in [0.1, 0.15) is 11.1 Å². The zero-order valence-corrected chi connectivity index (χ0v) is 10.1. The Bertz CT molecular complexity index is 498. The molecule has 0 amide bonds. The molecular formula is C8H9F3NO2PS. The number of alkyl halides is 3. The van der Waals surface area contributed by atoms with Gasteiger partial charge in [-0.05, 0) is 24.6 Å². The summed E-state index contributed by atoms with van der Waals surface area (Å²) in [5, 5.41) is 0. The molecule has 0 fully saturated rings. The molecule has 1 aromatic rings. The molecule has 90 valence electrons. The summed E-state index contributed by atoms with van der Waals surface area (Å²) in [6, 6.07) is 3.24. The Labute approximate surface area is 93.0 Å². The molecule has 1 aromatic carbocycles. The first-order valence-corrected chi connectivity index (χ1v) is 7.04. The molecule has 0 bridgehead atoms. The smallest absolute Gasteiger partial charge is 0.281 e. The quantitative estimate of drug-likeness (QED) is 0.840. The molecule has 3 nitrogen and oxygen atoms in total. The largest absolute Gasteiger partial charge is 0.416 e. The van der Waals surface area contributed by atoms with Crippen molar-refractivity contribution in [3.05, 3.63) is 29.3 Å². The molecule has 0 radical (unpaired) electrons. The third-order valence-electron chi connectivity index (χ3n) is 1.80. The van der Waals surface area contributed by atoms with Gasteiger partial charge in [0.15, 0.2) is 0 Å². The summed E-state index contributed by atoms with van der Waals surface area (Å²) in [6.07, 6.45) is -4.49. The highest BCUT2D eigenvalue weighted by atomic mass is 32.7. The van der Waals surface area contributed by atoms with Crippen molar-refractivity contribution in [2.24, 2.45) is 0 Å². The second-order valence-corrected chi connectivity index (χ2v) is 6.33. The molecule has 0 spiro atoms. The third-order valence-corrected chi connectivity index (χ3v) is 2.68. The van der Waals surface area contributed by atoms with Crippen molar-refractivity contribution in [2.45, 2.75) is 13.1 Å². The van der Waals surface area contributed by atoms with Crippen LogP contribution in [0.25, 0.3) is 0 Å². The molecular weight excluding hydrogens is 262 g/mol. The fraction of sp³-hybridized carbons (Fsp3) is 0.250. The highest BCUT2D eigenvalue weighted by molar-refractivity contribution is 8.38. The van der Waals surface area contributed by atoms with Gasteiger partial charge < -0.3 is 0 Å². The van der Waals surface area contributed by atoms with E-state index in [9.17, 15) is 21.6 Å². The van der Waals surface area contributed by atoms with Gasteiger partial charge in [-0.2, -0.15) is 13.2 Å². The van der Waals surface area contributed by atoms with Crippen LogP contribution in [-0.4, -0.2) is 8.42 Å². The summed E-state index contributed by atoms with van der Waals surface area (Å²) in [5.41, 5.74) is -0.932. The second kappa shape index (κ2) is 4.22. The molecule has 0 heterocycles. The van der Waals surface area contributed by atoms with E-state index in [1.165, 1.54) is 27.5 Å². The van der Waals surface area contributed by atoms with Crippen LogP contribution >= 0.6 is 8.44 Å². The maximum absolute atomic E-state index is 12.5. The van der Waals surface area contributed by atoms with E-state index in [4.69, 9.17) is 0 Å². The predicted octanol–water partition coefficient (Wildman–Crippen LogP) is 2.55. The summed E-state index contributed by atoms with van der Waals surface area (Å²) in [5.74, 6) is 0. The van der Waals surface area contributed by atoms with Gasteiger partial charge in [-0.25, -0.2) is 8.42 Å². The first-order valence-electron chi connectivity index (χ1n) is 4.08. The van der Waals surface area contributed by atoms with Crippen molar-refractivity contribution in [3.8, 4) is 0 Å². The molecule has 8 heteroatoms. The summed E-state index contributed by atoms with van der Waals surface area (Å²) < 4.78 is 61.0. The van der Waals surface area contributed by atoms with Crippen LogP contribution < -0.4 is 4.72 Å². The zero-order valence-electron chi connectivity index (χ0n) is 8.17. The minimum absolute atomic E-state index is 0.0409. The lowest BCUT2D eigenvalue weighted by Crippen LogP contribution is -2.10. The first-order chi connectivity index (χ1) is 7.09. The molecule has 0 aliphatic rings. The van der Waals surface area contributed by atoms with Gasteiger partial charge in [0.2, 0.25) is 9.64 Å². The summed E-state index contributed by atoms with van der Waals surface area (Å²) in [4.78, 5) is 0. The maximum Gasteiger partial charge on any atom is 0.416 e. The molecule has 0 saturated heterocycles. The average Bonchev–Trinajstić information content (AvgIpc) is 2.04. The highest BCUT2D eigenvalue weighted by Crippen LogP contribution is 2.33. The molecule has 1 rings (SSSR count). The van der Waals surface area contributed by atoms with Crippen LogP contribution in [0.15, 0.2) is 18.2 Å². The molecule has 0 aliphatic carbocycles. The van der Waals surface area contributed by atoms with E-state index in [-0.39, 0.29) is 11.3 Å². The van der Waals surface area contributed by atoms with Gasteiger partial charge in [0.25, 0.3) is 0 Å². The van der Waals surface area contributed by atoms with Crippen LogP contribution in [0.5, 0.6) is 0 Å². The van der Waals surface area contributed by atoms with Crippen molar-refractivity contribution < 1.29 is 21.6 Å². The van der Waals surface area contributed by atoms with Crippen molar-refractivity contribution in [2.75, 3.05) is 4.72 Å².